The van der Waals surface area contributed by atoms with E-state index in [1.54, 1.807) is 0 Å². The maximum absolute atomic E-state index is 10.8. The Morgan fingerprint density at radius 1 is 1.55 bits per heavy atom. The Morgan fingerprint density at radius 3 is 2.64 bits per heavy atom. The topological polar surface area (TPSA) is 59.3 Å². The highest BCUT2D eigenvalue weighted by Crippen LogP contribution is 1.98. The van der Waals surface area contributed by atoms with Crippen molar-refractivity contribution in [3.05, 3.63) is 28.7 Å². The molecular weight excluding hydrogens is 166 g/mol. The molecule has 0 fully saturated rings. The summed E-state index contributed by atoms with van der Waals surface area (Å²) < 4.78 is 20.3. The second kappa shape index (κ2) is 2.98. The van der Waals surface area contributed by atoms with E-state index in [1.165, 1.54) is 29.9 Å². The summed E-state index contributed by atoms with van der Waals surface area (Å²) in [6.45, 7) is 0. The molecule has 0 radical (unpaired) electrons. The van der Waals surface area contributed by atoms with E-state index in [9.17, 15) is 9.00 Å². The smallest absolute Gasteiger partial charge is 0.250 e. The van der Waals surface area contributed by atoms with E-state index in [-0.39, 0.29) is 10.5 Å². The van der Waals surface area contributed by atoms with Gasteiger partial charge >= 0.3 is 0 Å². The van der Waals surface area contributed by atoms with Crippen molar-refractivity contribution in [2.75, 3.05) is 0 Å². The number of hydrogen-bond acceptors (Lipinski definition) is 2. The molecule has 0 saturated heterocycles. The molecule has 0 amide bonds. The van der Waals surface area contributed by atoms with Crippen LogP contribution in [0.1, 0.15) is 0 Å². The molecule has 1 N–H and O–H groups in total. The lowest BCUT2D eigenvalue weighted by molar-refractivity contribution is 0.563. The van der Waals surface area contributed by atoms with Gasteiger partial charge < -0.3 is 9.12 Å². The Morgan fingerprint density at radius 2 is 2.18 bits per heavy atom. The van der Waals surface area contributed by atoms with Crippen LogP contribution in [0.2, 0.25) is 0 Å². The minimum Gasteiger partial charge on any atom is -0.317 e. The molecule has 60 valence electrons. The van der Waals surface area contributed by atoms with E-state index in [2.05, 4.69) is 0 Å². The van der Waals surface area contributed by atoms with Crippen molar-refractivity contribution < 1.29 is 8.76 Å². The fraction of sp³-hybridized carbons (Fsp3) is 0.167. The molecule has 1 heterocycles. The van der Waals surface area contributed by atoms with Gasteiger partial charge in [0.05, 0.1) is 4.90 Å². The zero-order valence-corrected chi connectivity index (χ0v) is 6.67. The maximum Gasteiger partial charge on any atom is 0.250 e. The van der Waals surface area contributed by atoms with Gasteiger partial charge in [-0.3, -0.25) is 4.79 Å². The van der Waals surface area contributed by atoms with E-state index < -0.39 is 11.1 Å². The van der Waals surface area contributed by atoms with Gasteiger partial charge in [-0.1, -0.05) is 0 Å². The van der Waals surface area contributed by atoms with Crippen molar-refractivity contribution in [2.24, 2.45) is 7.05 Å². The summed E-state index contributed by atoms with van der Waals surface area (Å²) in [4.78, 5) is 11.0. The van der Waals surface area contributed by atoms with Crippen LogP contribution < -0.4 is 5.56 Å². The van der Waals surface area contributed by atoms with E-state index >= 15 is 0 Å². The average Bonchev–Trinajstić information content (AvgIpc) is 1.94. The molecule has 0 aliphatic carbocycles. The molecule has 4 nitrogen and oxygen atoms in total. The minimum atomic E-state index is -2.01. The normalized spacial score (nSPS) is 12.9. The Bertz CT molecular complexity index is 344. The molecule has 5 heteroatoms. The van der Waals surface area contributed by atoms with E-state index in [0.717, 1.165) is 0 Å². The second-order valence-corrected chi connectivity index (χ2v) is 3.03. The van der Waals surface area contributed by atoms with Gasteiger partial charge in [-0.15, -0.1) is 0 Å². The zero-order valence-electron chi connectivity index (χ0n) is 5.85. The van der Waals surface area contributed by atoms with Gasteiger partial charge in [0, 0.05) is 19.3 Å². The van der Waals surface area contributed by atoms with Crippen molar-refractivity contribution in [3.8, 4) is 0 Å². The van der Waals surface area contributed by atoms with Crippen molar-refractivity contribution in [1.82, 2.24) is 4.57 Å². The summed E-state index contributed by atoms with van der Waals surface area (Å²) in [6.07, 6.45) is 1.33. The van der Waals surface area contributed by atoms with Gasteiger partial charge in [-0.25, -0.2) is 4.21 Å². The molecule has 0 aromatic carbocycles. The van der Waals surface area contributed by atoms with Crippen LogP contribution in [0.3, 0.4) is 0 Å². The maximum atomic E-state index is 10.8. The van der Waals surface area contributed by atoms with Crippen molar-refractivity contribution in [2.45, 2.75) is 4.90 Å². The van der Waals surface area contributed by atoms with Crippen molar-refractivity contribution in [3.63, 3.8) is 0 Å². The van der Waals surface area contributed by atoms with Gasteiger partial charge in [0.2, 0.25) is 5.56 Å². The molecule has 1 atom stereocenters. The third-order valence-corrected chi connectivity index (χ3v) is 1.91. The third-order valence-electron chi connectivity index (χ3n) is 1.26. The first kappa shape index (κ1) is 8.16. The monoisotopic (exact) mass is 173 g/mol. The molecule has 0 bridgehead atoms. The highest BCUT2D eigenvalue weighted by molar-refractivity contribution is 7.79. The fourth-order valence-corrected chi connectivity index (χ4v) is 1.10. The molecular formula is C6H7NO3S. The average molecular weight is 173 g/mol. The number of rotatable bonds is 1. The molecule has 0 saturated carbocycles. The van der Waals surface area contributed by atoms with Crippen LogP contribution in [0.15, 0.2) is 28.0 Å². The highest BCUT2D eigenvalue weighted by Gasteiger charge is 1.99. The molecule has 1 unspecified atom stereocenters. The standard InChI is InChI=1S/C6H7NO3S/c1-7-4-5(11(9)10)2-3-6(7)8/h2-4H,1H3,(H,9,10). The number of aryl methyl sites for hydroxylation is 1. The summed E-state index contributed by atoms with van der Waals surface area (Å²) in [5.74, 6) is 0. The lowest BCUT2D eigenvalue weighted by Gasteiger charge is -1.97. The SMILES string of the molecule is Cn1cc(S(=O)O)ccc1=O. The Kier molecular flexibility index (Phi) is 2.21. The lowest BCUT2D eigenvalue weighted by Crippen LogP contribution is -2.14. The Hall–Kier alpha value is -0.940. The molecule has 0 aliphatic heterocycles. The molecule has 0 spiro atoms. The van der Waals surface area contributed by atoms with E-state index in [4.69, 9.17) is 4.55 Å². The van der Waals surface area contributed by atoms with Gasteiger partial charge in [-0.2, -0.15) is 0 Å². The van der Waals surface area contributed by atoms with Crippen LogP contribution in [-0.2, 0) is 18.1 Å². The molecule has 11 heavy (non-hydrogen) atoms. The first-order valence-electron chi connectivity index (χ1n) is 2.89. The molecule has 0 aliphatic rings. The van der Waals surface area contributed by atoms with Crippen molar-refractivity contribution in [1.29, 1.82) is 0 Å². The molecule has 1 aromatic heterocycles. The first-order valence-corrected chi connectivity index (χ1v) is 3.99. The summed E-state index contributed by atoms with van der Waals surface area (Å²) in [5.41, 5.74) is -0.195. The Balaban J connectivity index is 3.26. The first-order chi connectivity index (χ1) is 5.11. The quantitative estimate of drug-likeness (QED) is 0.606. The third kappa shape index (κ3) is 1.75. The number of hydrogen-bond donors (Lipinski definition) is 1. The van der Waals surface area contributed by atoms with Crippen LogP contribution in [0.25, 0.3) is 0 Å². The van der Waals surface area contributed by atoms with Gasteiger partial charge in [0.1, 0.15) is 0 Å². The van der Waals surface area contributed by atoms with E-state index in [1.807, 2.05) is 0 Å². The zero-order chi connectivity index (χ0) is 8.43. The van der Waals surface area contributed by atoms with Gasteiger partial charge in [-0.05, 0) is 6.07 Å². The summed E-state index contributed by atoms with van der Waals surface area (Å²) >= 11 is -2.01. The predicted molar refractivity (Wildman–Crippen MR) is 40.7 cm³/mol. The number of aromatic nitrogens is 1. The summed E-state index contributed by atoms with van der Waals surface area (Å²) in [7, 11) is 1.53. The van der Waals surface area contributed by atoms with Gasteiger partial charge in [0.25, 0.3) is 0 Å². The fourth-order valence-electron chi connectivity index (χ4n) is 0.672. The van der Waals surface area contributed by atoms with Crippen molar-refractivity contribution >= 4 is 11.1 Å². The summed E-state index contributed by atoms with van der Waals surface area (Å²) in [5, 5.41) is 0. The predicted octanol–water partition coefficient (Wildman–Crippen LogP) is -0.0341. The molecule has 1 rings (SSSR count). The van der Waals surface area contributed by atoms with Crippen LogP contribution in [0.5, 0.6) is 0 Å². The Labute approximate surface area is 65.8 Å². The number of pyridine rings is 1. The minimum absolute atomic E-state index is 0.195. The number of nitrogens with zero attached hydrogens (tertiary/aromatic N) is 1. The summed E-state index contributed by atoms with van der Waals surface area (Å²) in [6, 6.07) is 2.59. The largest absolute Gasteiger partial charge is 0.317 e. The molecule has 1 aromatic rings. The highest BCUT2D eigenvalue weighted by atomic mass is 32.2. The van der Waals surface area contributed by atoms with Crippen LogP contribution in [0, 0.1) is 0 Å². The lowest BCUT2D eigenvalue weighted by atomic mass is 10.5. The van der Waals surface area contributed by atoms with E-state index in [0.29, 0.717) is 0 Å². The van der Waals surface area contributed by atoms with Crippen LogP contribution >= 0.6 is 0 Å². The van der Waals surface area contributed by atoms with Gasteiger partial charge in [0.15, 0.2) is 11.1 Å². The second-order valence-electron chi connectivity index (χ2n) is 2.06. The van der Waals surface area contributed by atoms with Crippen LogP contribution in [0.4, 0.5) is 0 Å². The van der Waals surface area contributed by atoms with Crippen LogP contribution in [-0.4, -0.2) is 13.3 Å².